The molecule has 8 heteroatoms. The molecule has 1 saturated heterocycles. The van der Waals surface area contributed by atoms with E-state index in [1.165, 1.54) is 12.1 Å². The van der Waals surface area contributed by atoms with Crippen LogP contribution in [0.5, 0.6) is 0 Å². The second-order valence-corrected chi connectivity index (χ2v) is 4.96. The maximum atomic E-state index is 12.2. The van der Waals surface area contributed by atoms with Gasteiger partial charge in [-0.1, -0.05) is 24.3 Å². The lowest BCUT2D eigenvalue weighted by Crippen LogP contribution is -2.31. The molecule has 24 heavy (non-hydrogen) atoms. The van der Waals surface area contributed by atoms with Gasteiger partial charge in [-0.05, 0) is 11.6 Å². The molecule has 0 radical (unpaired) electrons. The Kier molecular flexibility index (Phi) is 5.67. The molecule has 0 aromatic heterocycles. The van der Waals surface area contributed by atoms with Crippen molar-refractivity contribution in [2.45, 2.75) is 6.54 Å². The maximum absolute atomic E-state index is 12.2. The second-order valence-electron chi connectivity index (χ2n) is 4.96. The minimum atomic E-state index is -0.702. The normalized spacial score (nSPS) is 13.4. The van der Waals surface area contributed by atoms with Crippen molar-refractivity contribution in [2.75, 3.05) is 19.7 Å². The highest BCUT2D eigenvalue weighted by molar-refractivity contribution is 6.02. The van der Waals surface area contributed by atoms with Crippen molar-refractivity contribution < 1.29 is 23.9 Å². The van der Waals surface area contributed by atoms with E-state index in [4.69, 9.17) is 4.74 Å². The Morgan fingerprint density at radius 1 is 1.33 bits per heavy atom. The number of carbonyl (C=O) groups is 4. The first-order valence-electron chi connectivity index (χ1n) is 7.23. The van der Waals surface area contributed by atoms with Crippen molar-refractivity contribution in [3.8, 4) is 0 Å². The highest BCUT2D eigenvalue weighted by atomic mass is 16.5. The Balaban J connectivity index is 2.03. The smallest absolute Gasteiger partial charge is 0.338 e. The van der Waals surface area contributed by atoms with Gasteiger partial charge in [-0.3, -0.25) is 14.5 Å². The zero-order chi connectivity index (χ0) is 17.5. The van der Waals surface area contributed by atoms with E-state index in [1.807, 2.05) is 0 Å². The van der Waals surface area contributed by atoms with Gasteiger partial charge >= 0.3 is 12.0 Å². The lowest BCUT2D eigenvalue weighted by Gasteiger charge is -2.15. The van der Waals surface area contributed by atoms with Crippen molar-refractivity contribution in [1.82, 2.24) is 15.5 Å². The first-order chi connectivity index (χ1) is 11.5. The average Bonchev–Trinajstić information content (AvgIpc) is 2.90. The predicted octanol–water partition coefficient (Wildman–Crippen LogP) is 0.197. The molecule has 0 saturated carbocycles. The van der Waals surface area contributed by atoms with Crippen LogP contribution in [0.4, 0.5) is 4.79 Å². The van der Waals surface area contributed by atoms with Crippen LogP contribution in [0.1, 0.15) is 15.9 Å². The van der Waals surface area contributed by atoms with Crippen molar-refractivity contribution in [1.29, 1.82) is 0 Å². The van der Waals surface area contributed by atoms with Crippen LogP contribution in [-0.4, -0.2) is 48.4 Å². The van der Waals surface area contributed by atoms with Gasteiger partial charge in [0, 0.05) is 6.54 Å². The van der Waals surface area contributed by atoms with Gasteiger partial charge in [0.25, 0.3) is 5.91 Å². The first kappa shape index (κ1) is 17.2. The van der Waals surface area contributed by atoms with Gasteiger partial charge in [0.05, 0.1) is 18.7 Å². The number of carbonyl (C=O) groups excluding carboxylic acids is 4. The van der Waals surface area contributed by atoms with Crippen LogP contribution in [0.3, 0.4) is 0 Å². The number of nitrogens with zero attached hydrogens (tertiary/aromatic N) is 1. The molecule has 1 aliphatic heterocycles. The predicted molar refractivity (Wildman–Crippen MR) is 83.9 cm³/mol. The number of benzene rings is 1. The van der Waals surface area contributed by atoms with Crippen LogP contribution in [0.15, 0.2) is 36.9 Å². The molecular weight excluding hydrogens is 314 g/mol. The molecule has 0 spiro atoms. The van der Waals surface area contributed by atoms with Gasteiger partial charge in [0.2, 0.25) is 5.91 Å². The fourth-order valence-electron chi connectivity index (χ4n) is 2.09. The summed E-state index contributed by atoms with van der Waals surface area (Å²) in [6.07, 6.45) is 1.51. The number of esters is 1. The number of hydrogen-bond donors (Lipinski definition) is 2. The third-order valence-electron chi connectivity index (χ3n) is 3.28. The van der Waals surface area contributed by atoms with Crippen molar-refractivity contribution in [3.05, 3.63) is 48.0 Å². The van der Waals surface area contributed by atoms with E-state index in [-0.39, 0.29) is 31.1 Å². The number of hydrogen-bond acceptors (Lipinski definition) is 5. The number of nitrogens with one attached hydrogen (secondary N) is 2. The number of urea groups is 1. The fourth-order valence-corrected chi connectivity index (χ4v) is 2.09. The van der Waals surface area contributed by atoms with Crippen LogP contribution in [0.25, 0.3) is 0 Å². The summed E-state index contributed by atoms with van der Waals surface area (Å²) in [5.41, 5.74) is 0.654. The molecule has 0 unspecified atom stereocenters. The summed E-state index contributed by atoms with van der Waals surface area (Å²) in [4.78, 5) is 47.9. The number of imide groups is 1. The van der Waals surface area contributed by atoms with Crippen LogP contribution in [-0.2, 0) is 20.9 Å². The molecule has 0 atom stereocenters. The average molecular weight is 331 g/mol. The van der Waals surface area contributed by atoms with Crippen molar-refractivity contribution in [2.24, 2.45) is 0 Å². The van der Waals surface area contributed by atoms with E-state index in [0.29, 0.717) is 5.56 Å². The highest BCUT2D eigenvalue weighted by Gasteiger charge is 2.29. The molecule has 0 aliphatic carbocycles. The lowest BCUT2D eigenvalue weighted by atomic mass is 10.1. The van der Waals surface area contributed by atoms with Crippen molar-refractivity contribution >= 4 is 23.8 Å². The molecule has 2 N–H and O–H groups in total. The molecule has 1 aromatic rings. The van der Waals surface area contributed by atoms with E-state index in [1.54, 1.807) is 18.2 Å². The van der Waals surface area contributed by atoms with Crippen molar-refractivity contribution in [3.63, 3.8) is 0 Å². The van der Waals surface area contributed by atoms with Gasteiger partial charge in [0.15, 0.2) is 6.61 Å². The van der Waals surface area contributed by atoms with Gasteiger partial charge < -0.3 is 15.4 Å². The minimum Gasteiger partial charge on any atom is -0.452 e. The summed E-state index contributed by atoms with van der Waals surface area (Å²) < 4.78 is 4.96. The summed E-state index contributed by atoms with van der Waals surface area (Å²) in [5, 5.41) is 4.89. The first-order valence-corrected chi connectivity index (χ1v) is 7.23. The van der Waals surface area contributed by atoms with E-state index in [0.717, 1.165) is 4.90 Å². The van der Waals surface area contributed by atoms with Crippen LogP contribution >= 0.6 is 0 Å². The monoisotopic (exact) mass is 331 g/mol. The van der Waals surface area contributed by atoms with Crippen LogP contribution in [0.2, 0.25) is 0 Å². The lowest BCUT2D eigenvalue weighted by molar-refractivity contribution is -0.125. The largest absolute Gasteiger partial charge is 0.452 e. The van der Waals surface area contributed by atoms with E-state index in [9.17, 15) is 19.2 Å². The standard InChI is InChI=1S/C16H17N3O5/c1-2-7-17-13(20)10-24-15(22)12-6-4-3-5-11(12)9-19-14(21)8-18-16(19)23/h2-6H,1,7-10H2,(H,17,20)(H,18,23). The maximum Gasteiger partial charge on any atom is 0.338 e. The Bertz CT molecular complexity index is 670. The van der Waals surface area contributed by atoms with E-state index >= 15 is 0 Å². The second kappa shape index (κ2) is 7.91. The molecule has 1 fully saturated rings. The van der Waals surface area contributed by atoms with Gasteiger partial charge in [-0.15, -0.1) is 6.58 Å². The number of ether oxygens (including phenoxy) is 1. The van der Waals surface area contributed by atoms with E-state index in [2.05, 4.69) is 17.2 Å². The summed E-state index contributed by atoms with van der Waals surface area (Å²) in [6.45, 7) is 3.21. The van der Waals surface area contributed by atoms with Gasteiger partial charge in [-0.2, -0.15) is 0 Å². The van der Waals surface area contributed by atoms with E-state index < -0.39 is 24.5 Å². The summed E-state index contributed by atoms with van der Waals surface area (Å²) in [6, 6.07) is 5.93. The fraction of sp³-hybridized carbons (Fsp3) is 0.250. The third kappa shape index (κ3) is 4.19. The molecule has 1 heterocycles. The summed E-state index contributed by atoms with van der Waals surface area (Å²) in [7, 11) is 0. The zero-order valence-corrected chi connectivity index (χ0v) is 12.9. The molecule has 2 rings (SSSR count). The molecule has 8 nitrogen and oxygen atoms in total. The topological polar surface area (TPSA) is 105 Å². The Morgan fingerprint density at radius 3 is 2.75 bits per heavy atom. The highest BCUT2D eigenvalue weighted by Crippen LogP contribution is 2.15. The number of rotatable bonds is 7. The van der Waals surface area contributed by atoms with Crippen LogP contribution < -0.4 is 10.6 Å². The Morgan fingerprint density at radius 2 is 2.08 bits per heavy atom. The molecule has 1 aliphatic rings. The minimum absolute atomic E-state index is 0.0431. The molecule has 126 valence electrons. The zero-order valence-electron chi connectivity index (χ0n) is 12.9. The molecular formula is C16H17N3O5. The Labute approximate surface area is 138 Å². The van der Waals surface area contributed by atoms with Gasteiger partial charge in [0.1, 0.15) is 0 Å². The summed E-state index contributed by atoms with van der Waals surface area (Å²) >= 11 is 0. The van der Waals surface area contributed by atoms with Gasteiger partial charge in [-0.25, -0.2) is 9.59 Å². The number of amides is 4. The molecule has 0 bridgehead atoms. The third-order valence-corrected chi connectivity index (χ3v) is 3.28. The SMILES string of the molecule is C=CCNC(=O)COC(=O)c1ccccc1CN1C(=O)CNC1=O. The Hall–Kier alpha value is -3.16. The summed E-state index contributed by atoms with van der Waals surface area (Å²) in [5.74, 6) is -1.52. The quantitative estimate of drug-likeness (QED) is 0.422. The molecule has 4 amide bonds. The van der Waals surface area contributed by atoms with Crippen LogP contribution in [0, 0.1) is 0 Å². The molecule has 1 aromatic carbocycles.